The Morgan fingerprint density at radius 2 is 2.19 bits per heavy atom. The molecule has 0 fully saturated rings. The monoisotopic (exact) mass is 221 g/mol. The van der Waals surface area contributed by atoms with Gasteiger partial charge in [-0.05, 0) is 30.5 Å². The number of nitrogens with one attached hydrogen (secondary N) is 1. The Labute approximate surface area is 94.3 Å². The molecule has 0 aliphatic carbocycles. The van der Waals surface area contributed by atoms with Crippen LogP contribution >= 0.6 is 0 Å². The van der Waals surface area contributed by atoms with Crippen LogP contribution in [0.3, 0.4) is 0 Å². The summed E-state index contributed by atoms with van der Waals surface area (Å²) in [6.45, 7) is 3.88. The maximum atomic E-state index is 10.7. The maximum Gasteiger partial charge on any atom is 0.305 e. The second kappa shape index (κ2) is 5.30. The zero-order valence-electron chi connectivity index (χ0n) is 9.36. The standard InChI is InChI=1S/C12H15NO3/c1-8-4-3-5-10(9(8)2)11(13-7-14)6-12(15)16/h3-5,7,11H,6H2,1-2H3,(H,13,14)(H,15,16). The highest BCUT2D eigenvalue weighted by Gasteiger charge is 2.16. The fourth-order valence-corrected chi connectivity index (χ4v) is 1.67. The highest BCUT2D eigenvalue weighted by Crippen LogP contribution is 2.22. The summed E-state index contributed by atoms with van der Waals surface area (Å²) in [5, 5.41) is 11.3. The summed E-state index contributed by atoms with van der Waals surface area (Å²) in [5.41, 5.74) is 2.96. The Morgan fingerprint density at radius 1 is 1.50 bits per heavy atom. The zero-order chi connectivity index (χ0) is 12.1. The average molecular weight is 221 g/mol. The first-order valence-corrected chi connectivity index (χ1v) is 5.04. The number of carboxylic acid groups (broad SMARTS) is 1. The van der Waals surface area contributed by atoms with Gasteiger partial charge in [0.2, 0.25) is 6.41 Å². The van der Waals surface area contributed by atoms with Crippen molar-refractivity contribution < 1.29 is 14.7 Å². The number of hydrogen-bond donors (Lipinski definition) is 2. The first-order chi connectivity index (χ1) is 7.56. The molecule has 0 spiro atoms. The van der Waals surface area contributed by atoms with E-state index in [-0.39, 0.29) is 6.42 Å². The largest absolute Gasteiger partial charge is 0.481 e. The minimum absolute atomic E-state index is 0.108. The van der Waals surface area contributed by atoms with Gasteiger partial charge >= 0.3 is 5.97 Å². The van der Waals surface area contributed by atoms with E-state index >= 15 is 0 Å². The molecule has 16 heavy (non-hydrogen) atoms. The third kappa shape index (κ3) is 2.82. The molecule has 0 aromatic heterocycles. The predicted octanol–water partition coefficient (Wildman–Crippen LogP) is 1.57. The molecule has 4 heteroatoms. The average Bonchev–Trinajstić information content (AvgIpc) is 2.21. The van der Waals surface area contributed by atoms with E-state index in [9.17, 15) is 9.59 Å². The summed E-state index contributed by atoms with van der Waals surface area (Å²) >= 11 is 0. The molecule has 0 saturated carbocycles. The molecule has 0 radical (unpaired) electrons. The van der Waals surface area contributed by atoms with E-state index in [1.165, 1.54) is 0 Å². The maximum absolute atomic E-state index is 10.7. The Bertz CT molecular complexity index is 401. The summed E-state index contributed by atoms with van der Waals surface area (Å²) in [6, 6.07) is 5.19. The van der Waals surface area contributed by atoms with Crippen molar-refractivity contribution in [2.75, 3.05) is 0 Å². The number of rotatable bonds is 5. The van der Waals surface area contributed by atoms with Crippen molar-refractivity contribution in [3.8, 4) is 0 Å². The Hall–Kier alpha value is -1.84. The summed E-state index contributed by atoms with van der Waals surface area (Å²) in [5.74, 6) is -0.930. The fourth-order valence-electron chi connectivity index (χ4n) is 1.67. The topological polar surface area (TPSA) is 66.4 Å². The van der Waals surface area contributed by atoms with Crippen molar-refractivity contribution in [3.05, 3.63) is 34.9 Å². The van der Waals surface area contributed by atoms with Gasteiger partial charge in [0.1, 0.15) is 0 Å². The van der Waals surface area contributed by atoms with Gasteiger partial charge < -0.3 is 10.4 Å². The van der Waals surface area contributed by atoms with Gasteiger partial charge in [0.05, 0.1) is 12.5 Å². The van der Waals surface area contributed by atoms with Crippen LogP contribution < -0.4 is 5.32 Å². The number of amides is 1. The summed E-state index contributed by atoms with van der Waals surface area (Å²) < 4.78 is 0. The Morgan fingerprint density at radius 3 is 2.75 bits per heavy atom. The smallest absolute Gasteiger partial charge is 0.305 e. The van der Waals surface area contributed by atoms with Crippen LogP contribution in [0, 0.1) is 13.8 Å². The molecule has 0 heterocycles. The van der Waals surface area contributed by atoms with Crippen molar-refractivity contribution in [2.45, 2.75) is 26.3 Å². The van der Waals surface area contributed by atoms with Crippen LogP contribution in [-0.2, 0) is 9.59 Å². The van der Waals surface area contributed by atoms with E-state index in [1.807, 2.05) is 32.0 Å². The lowest BCUT2D eigenvalue weighted by atomic mass is 9.96. The number of hydrogen-bond acceptors (Lipinski definition) is 2. The highest BCUT2D eigenvalue weighted by molar-refractivity contribution is 5.69. The van der Waals surface area contributed by atoms with Crippen molar-refractivity contribution >= 4 is 12.4 Å². The molecule has 1 amide bonds. The van der Waals surface area contributed by atoms with Gasteiger partial charge in [-0.25, -0.2) is 0 Å². The van der Waals surface area contributed by atoms with Crippen LogP contribution in [0.2, 0.25) is 0 Å². The van der Waals surface area contributed by atoms with Gasteiger partial charge in [0.15, 0.2) is 0 Å². The van der Waals surface area contributed by atoms with Crippen molar-refractivity contribution in [2.24, 2.45) is 0 Å². The number of carbonyl (C=O) groups excluding carboxylic acids is 1. The molecular weight excluding hydrogens is 206 g/mol. The first kappa shape index (κ1) is 12.2. The normalized spacial score (nSPS) is 11.9. The molecule has 0 aliphatic rings. The Kier molecular flexibility index (Phi) is 4.05. The SMILES string of the molecule is Cc1cccc(C(CC(=O)O)NC=O)c1C. The van der Waals surface area contributed by atoms with Gasteiger partial charge in [-0.1, -0.05) is 18.2 Å². The van der Waals surface area contributed by atoms with Crippen LogP contribution in [0.25, 0.3) is 0 Å². The molecule has 4 nitrogen and oxygen atoms in total. The van der Waals surface area contributed by atoms with Crippen LogP contribution in [0.5, 0.6) is 0 Å². The molecule has 2 N–H and O–H groups in total. The second-order valence-corrected chi connectivity index (χ2v) is 3.72. The second-order valence-electron chi connectivity index (χ2n) is 3.72. The number of carboxylic acids is 1. The molecule has 0 bridgehead atoms. The Balaban J connectivity index is 3.04. The lowest BCUT2D eigenvalue weighted by Gasteiger charge is -2.17. The van der Waals surface area contributed by atoms with E-state index in [0.29, 0.717) is 6.41 Å². The molecule has 0 saturated heterocycles. The summed E-state index contributed by atoms with van der Waals surface area (Å²) in [6.07, 6.45) is 0.429. The third-order valence-corrected chi connectivity index (χ3v) is 2.67. The van der Waals surface area contributed by atoms with Gasteiger partial charge in [-0.2, -0.15) is 0 Å². The molecule has 1 atom stereocenters. The molecule has 1 aromatic carbocycles. The van der Waals surface area contributed by atoms with E-state index in [0.717, 1.165) is 16.7 Å². The van der Waals surface area contributed by atoms with E-state index in [4.69, 9.17) is 5.11 Å². The van der Waals surface area contributed by atoms with Crippen molar-refractivity contribution in [1.82, 2.24) is 5.32 Å². The minimum Gasteiger partial charge on any atom is -0.481 e. The van der Waals surface area contributed by atoms with Gasteiger partial charge in [0.25, 0.3) is 0 Å². The van der Waals surface area contributed by atoms with Crippen LogP contribution in [0.4, 0.5) is 0 Å². The van der Waals surface area contributed by atoms with E-state index in [2.05, 4.69) is 5.32 Å². The first-order valence-electron chi connectivity index (χ1n) is 5.04. The summed E-state index contributed by atoms with van der Waals surface area (Å²) in [4.78, 5) is 21.2. The molecule has 86 valence electrons. The third-order valence-electron chi connectivity index (χ3n) is 2.67. The van der Waals surface area contributed by atoms with Gasteiger partial charge in [-0.15, -0.1) is 0 Å². The highest BCUT2D eigenvalue weighted by atomic mass is 16.4. The zero-order valence-corrected chi connectivity index (χ0v) is 9.36. The van der Waals surface area contributed by atoms with Crippen molar-refractivity contribution in [1.29, 1.82) is 0 Å². The van der Waals surface area contributed by atoms with Gasteiger partial charge in [0, 0.05) is 0 Å². The molecule has 1 rings (SSSR count). The number of carbonyl (C=O) groups is 2. The lowest BCUT2D eigenvalue weighted by Crippen LogP contribution is -2.23. The van der Waals surface area contributed by atoms with Crippen LogP contribution in [-0.4, -0.2) is 17.5 Å². The molecular formula is C12H15NO3. The number of aliphatic carboxylic acids is 1. The fraction of sp³-hybridized carbons (Fsp3) is 0.333. The van der Waals surface area contributed by atoms with Crippen LogP contribution in [0.15, 0.2) is 18.2 Å². The number of benzene rings is 1. The van der Waals surface area contributed by atoms with E-state index in [1.54, 1.807) is 0 Å². The minimum atomic E-state index is -0.930. The quantitative estimate of drug-likeness (QED) is 0.741. The number of aryl methyl sites for hydroxylation is 1. The summed E-state index contributed by atoms with van der Waals surface area (Å²) in [7, 11) is 0. The van der Waals surface area contributed by atoms with E-state index < -0.39 is 12.0 Å². The lowest BCUT2D eigenvalue weighted by molar-refractivity contribution is -0.137. The molecule has 1 aromatic rings. The van der Waals surface area contributed by atoms with Gasteiger partial charge in [-0.3, -0.25) is 9.59 Å². The van der Waals surface area contributed by atoms with Crippen molar-refractivity contribution in [3.63, 3.8) is 0 Å². The molecule has 0 aliphatic heterocycles. The van der Waals surface area contributed by atoms with Crippen LogP contribution in [0.1, 0.15) is 29.2 Å². The molecule has 1 unspecified atom stereocenters. The predicted molar refractivity (Wildman–Crippen MR) is 60.1 cm³/mol.